The predicted molar refractivity (Wildman–Crippen MR) is 46.3 cm³/mol. The zero-order valence-electron chi connectivity index (χ0n) is 6.07. The molecule has 0 aromatic heterocycles. The van der Waals surface area contributed by atoms with Gasteiger partial charge in [0.05, 0.1) is 0 Å². The summed E-state index contributed by atoms with van der Waals surface area (Å²) in [5, 5.41) is 9.14. The molecule has 0 bridgehead atoms. The van der Waals surface area contributed by atoms with Crippen LogP contribution in [-0.2, 0) is 4.79 Å². The topological polar surface area (TPSA) is 37.3 Å². The molecule has 0 saturated carbocycles. The van der Waals surface area contributed by atoms with Crippen molar-refractivity contribution in [1.82, 2.24) is 0 Å². The first-order valence-corrected chi connectivity index (χ1v) is 7.75. The molecule has 0 saturated heterocycles. The molecule has 0 unspecified atom stereocenters. The van der Waals surface area contributed by atoms with E-state index in [1.54, 1.807) is 6.08 Å². The van der Waals surface area contributed by atoms with Crippen molar-refractivity contribution >= 4 is 33.0 Å². The van der Waals surface area contributed by atoms with Crippen LogP contribution >= 0.6 is 12.4 Å². The molecule has 0 spiro atoms. The van der Waals surface area contributed by atoms with E-state index >= 15 is 0 Å². The van der Waals surface area contributed by atoms with Crippen molar-refractivity contribution in [2.24, 2.45) is 0 Å². The van der Waals surface area contributed by atoms with Crippen LogP contribution in [0.4, 0.5) is 0 Å². The van der Waals surface area contributed by atoms with Crippen molar-refractivity contribution in [2.45, 2.75) is 16.6 Å². The van der Waals surface area contributed by atoms with E-state index < -0.39 is 20.6 Å². The first-order valence-electron chi connectivity index (χ1n) is 2.67. The molecule has 4 heteroatoms. The molecule has 0 rings (SSSR count). The maximum atomic E-state index is 9.91. The molecule has 1 N–H and O–H groups in total. The Balaban J connectivity index is 0. The Morgan fingerprint density at radius 1 is 1.60 bits per heavy atom. The normalized spacial score (nSPS) is 9.90. The first-order chi connectivity index (χ1) is 4.13. The number of carboxylic acids is 1. The zero-order chi connectivity index (χ0) is 7.28. The summed E-state index contributed by atoms with van der Waals surface area (Å²) in [4.78, 5) is 9.91. The van der Waals surface area contributed by atoms with Gasteiger partial charge in [-0.3, -0.25) is 0 Å². The number of hydrogen-bond acceptors (Lipinski definition) is 1. The number of carboxylic acid groups (broad SMARTS) is 1. The Labute approximate surface area is 72.0 Å². The van der Waals surface area contributed by atoms with Crippen LogP contribution in [0.5, 0.6) is 0 Å². The van der Waals surface area contributed by atoms with Crippen LogP contribution in [-0.4, -0.2) is 25.7 Å². The summed E-state index contributed by atoms with van der Waals surface area (Å²) in [6.45, 7) is 0. The van der Waals surface area contributed by atoms with E-state index in [0.29, 0.717) is 0 Å². The van der Waals surface area contributed by atoms with E-state index in [1.807, 2.05) is 0 Å². The van der Waals surface area contributed by atoms with Gasteiger partial charge < -0.3 is 0 Å². The van der Waals surface area contributed by atoms with Crippen LogP contribution < -0.4 is 0 Å². The van der Waals surface area contributed by atoms with Gasteiger partial charge in [0.1, 0.15) is 0 Å². The summed E-state index contributed by atoms with van der Waals surface area (Å²) in [6.07, 6.45) is 2.96. The summed E-state index contributed by atoms with van der Waals surface area (Å²) in [7, 11) is 0. The molecule has 0 fully saturated rings. The van der Waals surface area contributed by atoms with Crippen LogP contribution in [0.3, 0.4) is 0 Å². The zero-order valence-corrected chi connectivity index (χ0v) is 8.77. The predicted octanol–water partition coefficient (Wildman–Crippen LogP) is 1.80. The minimum Gasteiger partial charge on any atom is -0.147 e. The molecule has 0 aliphatic heterocycles. The molecule has 60 valence electrons. The van der Waals surface area contributed by atoms with Crippen molar-refractivity contribution in [3.63, 3.8) is 0 Å². The standard InChI is InChI=1S/C6H11AsO2.ClH/c1-7(2)5-3-4-6(8)9;/h3-4H,5H2,1-2H3,(H,8,9);1H. The van der Waals surface area contributed by atoms with Crippen molar-refractivity contribution in [2.75, 3.05) is 0 Å². The fourth-order valence-corrected chi connectivity index (χ4v) is 1.47. The smallest absolute Gasteiger partial charge is 0.147 e. The van der Waals surface area contributed by atoms with E-state index in [-0.39, 0.29) is 12.4 Å². The molecule has 0 aliphatic carbocycles. The van der Waals surface area contributed by atoms with E-state index in [4.69, 9.17) is 5.11 Å². The van der Waals surface area contributed by atoms with Crippen molar-refractivity contribution in [3.8, 4) is 0 Å². The van der Waals surface area contributed by atoms with Gasteiger partial charge in [0, 0.05) is 0 Å². The molecular weight excluding hydrogens is 214 g/mol. The number of halogens is 1. The number of rotatable bonds is 3. The largest absolute Gasteiger partial charge is 0.147 e. The Hall–Kier alpha value is 0.0584. The molecular formula is C6H12AsClO2. The van der Waals surface area contributed by atoms with Crippen molar-refractivity contribution < 1.29 is 9.90 Å². The van der Waals surface area contributed by atoms with Crippen LogP contribution in [0.15, 0.2) is 12.2 Å². The minimum atomic E-state index is -0.842. The van der Waals surface area contributed by atoms with E-state index in [0.717, 1.165) is 5.21 Å². The van der Waals surface area contributed by atoms with Gasteiger partial charge in [-0.1, -0.05) is 0 Å². The Morgan fingerprint density at radius 2 is 2.10 bits per heavy atom. The van der Waals surface area contributed by atoms with Gasteiger partial charge in [-0.25, -0.2) is 0 Å². The third-order valence-electron chi connectivity index (χ3n) is 0.731. The van der Waals surface area contributed by atoms with Gasteiger partial charge in [-0.05, 0) is 0 Å². The molecule has 0 heterocycles. The summed E-state index contributed by atoms with van der Waals surface area (Å²) < 4.78 is 0. The van der Waals surface area contributed by atoms with Gasteiger partial charge in [-0.2, -0.15) is 0 Å². The molecule has 2 nitrogen and oxygen atoms in total. The second-order valence-corrected chi connectivity index (χ2v) is 7.30. The van der Waals surface area contributed by atoms with Gasteiger partial charge in [0.15, 0.2) is 0 Å². The van der Waals surface area contributed by atoms with E-state index in [2.05, 4.69) is 11.4 Å². The van der Waals surface area contributed by atoms with E-state index in [1.165, 1.54) is 6.08 Å². The third kappa shape index (κ3) is 10.9. The van der Waals surface area contributed by atoms with Gasteiger partial charge in [-0.15, -0.1) is 12.4 Å². The molecule has 0 aromatic carbocycles. The van der Waals surface area contributed by atoms with Gasteiger partial charge in [0.2, 0.25) is 0 Å². The molecule has 10 heavy (non-hydrogen) atoms. The van der Waals surface area contributed by atoms with Gasteiger partial charge >= 0.3 is 59.3 Å². The Morgan fingerprint density at radius 3 is 2.40 bits per heavy atom. The number of aliphatic carboxylic acids is 1. The van der Waals surface area contributed by atoms with Gasteiger partial charge in [0.25, 0.3) is 0 Å². The number of hydrogen-bond donors (Lipinski definition) is 1. The van der Waals surface area contributed by atoms with Crippen LogP contribution in [0.2, 0.25) is 16.6 Å². The summed E-state index contributed by atoms with van der Waals surface area (Å²) in [6, 6.07) is 0. The minimum absolute atomic E-state index is 0. The van der Waals surface area contributed by atoms with E-state index in [9.17, 15) is 4.79 Å². The summed E-state index contributed by atoms with van der Waals surface area (Å²) >= 11 is -0.636. The summed E-state index contributed by atoms with van der Waals surface area (Å²) in [5.74, 6) is -0.842. The third-order valence-corrected chi connectivity index (χ3v) is 2.71. The van der Waals surface area contributed by atoms with Crippen LogP contribution in [0.25, 0.3) is 0 Å². The maximum absolute atomic E-state index is 9.91. The molecule has 0 aromatic rings. The second kappa shape index (κ2) is 7.17. The van der Waals surface area contributed by atoms with Crippen molar-refractivity contribution in [1.29, 1.82) is 0 Å². The van der Waals surface area contributed by atoms with Crippen LogP contribution in [0, 0.1) is 0 Å². The fraction of sp³-hybridized carbons (Fsp3) is 0.500. The Kier molecular flexibility index (Phi) is 9.11. The molecule has 0 aliphatic rings. The monoisotopic (exact) mass is 226 g/mol. The second-order valence-electron chi connectivity index (χ2n) is 2.00. The average Bonchev–Trinajstić information content (AvgIpc) is 1.63. The summed E-state index contributed by atoms with van der Waals surface area (Å²) in [5.41, 5.74) is 4.39. The quantitative estimate of drug-likeness (QED) is 0.589. The van der Waals surface area contributed by atoms with Crippen LogP contribution in [0.1, 0.15) is 0 Å². The van der Waals surface area contributed by atoms with Crippen molar-refractivity contribution in [3.05, 3.63) is 12.2 Å². The maximum Gasteiger partial charge on any atom is -0.147 e. The SMILES string of the molecule is C[As](C)CC=CC(=O)O.Cl. The molecule has 0 atom stereocenters. The average molecular weight is 227 g/mol. The molecule has 0 amide bonds. The fourth-order valence-electron chi connectivity index (χ4n) is 0.364. The Bertz CT molecular complexity index is 123. The number of allylic oxidation sites excluding steroid dienone is 1. The number of carbonyl (C=O) groups is 1. The first kappa shape index (κ1) is 12.7. The molecule has 0 radical (unpaired) electrons.